The Morgan fingerprint density at radius 1 is 1.41 bits per heavy atom. The van der Waals surface area contributed by atoms with Crippen molar-refractivity contribution in [1.29, 1.82) is 0 Å². The van der Waals surface area contributed by atoms with Crippen LogP contribution in [0.1, 0.15) is 19.8 Å². The van der Waals surface area contributed by atoms with Crippen molar-refractivity contribution in [2.45, 2.75) is 19.8 Å². The molecule has 0 saturated carbocycles. The van der Waals surface area contributed by atoms with Crippen LogP contribution in [0.3, 0.4) is 0 Å². The summed E-state index contributed by atoms with van der Waals surface area (Å²) in [5, 5.41) is 3.46. The highest BCUT2D eigenvalue weighted by Gasteiger charge is 2.36. The van der Waals surface area contributed by atoms with Crippen LogP contribution >= 0.6 is 0 Å². The predicted molar refractivity (Wildman–Crippen MR) is 90.0 cm³/mol. The number of hydrogen-bond donors (Lipinski definition) is 1. The molecule has 2 aliphatic rings. The van der Waals surface area contributed by atoms with Crippen LogP contribution in [0.2, 0.25) is 0 Å². The third-order valence-corrected chi connectivity index (χ3v) is 5.16. The van der Waals surface area contributed by atoms with Gasteiger partial charge >= 0.3 is 0 Å². The summed E-state index contributed by atoms with van der Waals surface area (Å²) in [6.45, 7) is 7.66. The molecule has 1 aromatic carbocycles. The number of anilines is 1. The molecule has 4 heteroatoms. The maximum absolute atomic E-state index is 12.7. The maximum Gasteiger partial charge on any atom is 0.231 e. The lowest BCUT2D eigenvalue weighted by atomic mass is 9.89. The normalized spacial score (nSPS) is 28.9. The van der Waals surface area contributed by atoms with Gasteiger partial charge < -0.3 is 15.1 Å². The minimum atomic E-state index is 0.142. The first-order chi connectivity index (χ1) is 10.6. The van der Waals surface area contributed by atoms with Gasteiger partial charge in [0.05, 0.1) is 5.92 Å². The highest BCUT2D eigenvalue weighted by molar-refractivity contribution is 5.94. The standard InChI is InChI=1S/C18H27N3O/c1-18(9-10-19-13-18)14-21-11-8-15(12-21)17(22)20(2)16-6-4-3-5-7-16/h3-7,15,19H,8-14H2,1-2H3. The molecule has 120 valence electrons. The van der Waals surface area contributed by atoms with Crippen molar-refractivity contribution in [3.8, 4) is 0 Å². The highest BCUT2D eigenvalue weighted by atomic mass is 16.2. The fraction of sp³-hybridized carbons (Fsp3) is 0.611. The van der Waals surface area contributed by atoms with Crippen LogP contribution in [0.25, 0.3) is 0 Å². The number of rotatable bonds is 4. The summed E-state index contributed by atoms with van der Waals surface area (Å²) in [5.74, 6) is 0.395. The van der Waals surface area contributed by atoms with Gasteiger partial charge in [-0.3, -0.25) is 4.79 Å². The zero-order chi connectivity index (χ0) is 15.6. The fourth-order valence-corrected chi connectivity index (χ4v) is 3.77. The number of nitrogens with zero attached hydrogens (tertiary/aromatic N) is 2. The van der Waals surface area contributed by atoms with E-state index >= 15 is 0 Å². The van der Waals surface area contributed by atoms with Crippen LogP contribution in [0.4, 0.5) is 5.69 Å². The molecule has 0 bridgehead atoms. The molecule has 1 amide bonds. The lowest BCUT2D eigenvalue weighted by Crippen LogP contribution is -2.38. The van der Waals surface area contributed by atoms with Crippen LogP contribution in [0.5, 0.6) is 0 Å². The van der Waals surface area contributed by atoms with E-state index in [1.54, 1.807) is 0 Å². The van der Waals surface area contributed by atoms with E-state index < -0.39 is 0 Å². The summed E-state index contributed by atoms with van der Waals surface area (Å²) >= 11 is 0. The second kappa shape index (κ2) is 6.39. The van der Waals surface area contributed by atoms with Gasteiger partial charge in [0, 0.05) is 32.4 Å². The predicted octanol–water partition coefficient (Wildman–Crippen LogP) is 1.97. The Balaban J connectivity index is 1.57. The second-order valence-electron chi connectivity index (χ2n) is 7.19. The monoisotopic (exact) mass is 301 g/mol. The Hall–Kier alpha value is -1.39. The quantitative estimate of drug-likeness (QED) is 0.923. The summed E-state index contributed by atoms with van der Waals surface area (Å²) < 4.78 is 0. The molecule has 0 radical (unpaired) electrons. The first-order valence-corrected chi connectivity index (χ1v) is 8.33. The van der Waals surface area contributed by atoms with E-state index in [0.717, 1.165) is 44.8 Å². The van der Waals surface area contributed by atoms with Gasteiger partial charge in [-0.15, -0.1) is 0 Å². The number of para-hydroxylation sites is 1. The van der Waals surface area contributed by atoms with E-state index in [4.69, 9.17) is 0 Å². The third kappa shape index (κ3) is 3.33. The summed E-state index contributed by atoms with van der Waals surface area (Å²) in [5.41, 5.74) is 1.36. The molecule has 0 aliphatic carbocycles. The molecular weight excluding hydrogens is 274 g/mol. The van der Waals surface area contributed by atoms with E-state index in [-0.39, 0.29) is 11.8 Å². The van der Waals surface area contributed by atoms with Crippen molar-refractivity contribution < 1.29 is 4.79 Å². The lowest BCUT2D eigenvalue weighted by Gasteiger charge is -2.29. The topological polar surface area (TPSA) is 35.6 Å². The molecule has 4 nitrogen and oxygen atoms in total. The Bertz CT molecular complexity index is 510. The highest BCUT2D eigenvalue weighted by Crippen LogP contribution is 2.29. The van der Waals surface area contributed by atoms with E-state index in [2.05, 4.69) is 17.1 Å². The Kier molecular flexibility index (Phi) is 4.50. The van der Waals surface area contributed by atoms with Crippen LogP contribution in [0, 0.1) is 11.3 Å². The van der Waals surface area contributed by atoms with E-state index in [1.165, 1.54) is 6.42 Å². The Labute approximate surface area is 133 Å². The molecule has 22 heavy (non-hydrogen) atoms. The summed E-state index contributed by atoms with van der Waals surface area (Å²) in [6.07, 6.45) is 2.23. The van der Waals surface area contributed by atoms with Crippen LogP contribution in [-0.4, -0.2) is 50.6 Å². The van der Waals surface area contributed by atoms with Crippen molar-refractivity contribution in [3.63, 3.8) is 0 Å². The number of amides is 1. The molecule has 2 saturated heterocycles. The van der Waals surface area contributed by atoms with Gasteiger partial charge in [-0.1, -0.05) is 25.1 Å². The average Bonchev–Trinajstić information content (AvgIpc) is 3.16. The molecule has 1 N–H and O–H groups in total. The summed E-state index contributed by atoms with van der Waals surface area (Å²) in [6, 6.07) is 9.93. The molecule has 2 heterocycles. The molecule has 2 aliphatic heterocycles. The van der Waals surface area contributed by atoms with Crippen molar-refractivity contribution >= 4 is 11.6 Å². The molecule has 2 atom stereocenters. The maximum atomic E-state index is 12.7. The number of benzene rings is 1. The van der Waals surface area contributed by atoms with Crippen LogP contribution < -0.4 is 10.2 Å². The largest absolute Gasteiger partial charge is 0.316 e. The zero-order valence-corrected chi connectivity index (χ0v) is 13.7. The molecule has 0 aromatic heterocycles. The molecule has 2 unspecified atom stereocenters. The summed E-state index contributed by atoms with van der Waals surface area (Å²) in [7, 11) is 1.89. The molecule has 3 rings (SSSR count). The minimum absolute atomic E-state index is 0.142. The van der Waals surface area contributed by atoms with Crippen LogP contribution in [0.15, 0.2) is 30.3 Å². The number of carbonyl (C=O) groups is 1. The van der Waals surface area contributed by atoms with E-state index in [1.807, 2.05) is 42.3 Å². The first kappa shape index (κ1) is 15.5. The second-order valence-corrected chi connectivity index (χ2v) is 7.19. The smallest absolute Gasteiger partial charge is 0.231 e. The Morgan fingerprint density at radius 3 is 2.86 bits per heavy atom. The van der Waals surface area contributed by atoms with Gasteiger partial charge in [0.2, 0.25) is 5.91 Å². The van der Waals surface area contributed by atoms with Gasteiger partial charge in [-0.2, -0.15) is 0 Å². The molecule has 2 fully saturated rings. The first-order valence-electron chi connectivity index (χ1n) is 8.33. The van der Waals surface area contributed by atoms with Gasteiger partial charge in [-0.05, 0) is 43.5 Å². The van der Waals surface area contributed by atoms with Crippen molar-refractivity contribution in [3.05, 3.63) is 30.3 Å². The number of carbonyl (C=O) groups excluding carboxylic acids is 1. The van der Waals surface area contributed by atoms with Gasteiger partial charge in [0.15, 0.2) is 0 Å². The number of nitrogens with one attached hydrogen (secondary N) is 1. The zero-order valence-electron chi connectivity index (χ0n) is 13.7. The van der Waals surface area contributed by atoms with Gasteiger partial charge in [0.25, 0.3) is 0 Å². The SMILES string of the molecule is CN(C(=O)C1CCN(CC2(C)CCNC2)C1)c1ccccc1. The minimum Gasteiger partial charge on any atom is -0.316 e. The van der Waals surface area contributed by atoms with E-state index in [9.17, 15) is 4.79 Å². The molecule has 1 aromatic rings. The van der Waals surface area contributed by atoms with E-state index in [0.29, 0.717) is 5.41 Å². The Morgan fingerprint density at radius 2 is 2.18 bits per heavy atom. The third-order valence-electron chi connectivity index (χ3n) is 5.16. The molecular formula is C18H27N3O. The van der Waals surface area contributed by atoms with Crippen molar-refractivity contribution in [1.82, 2.24) is 10.2 Å². The van der Waals surface area contributed by atoms with Gasteiger partial charge in [-0.25, -0.2) is 0 Å². The van der Waals surface area contributed by atoms with Crippen molar-refractivity contribution in [2.75, 3.05) is 44.7 Å². The van der Waals surface area contributed by atoms with Gasteiger partial charge in [0.1, 0.15) is 0 Å². The number of hydrogen-bond acceptors (Lipinski definition) is 3. The van der Waals surface area contributed by atoms with Crippen molar-refractivity contribution in [2.24, 2.45) is 11.3 Å². The van der Waals surface area contributed by atoms with Crippen LogP contribution in [-0.2, 0) is 4.79 Å². The lowest BCUT2D eigenvalue weighted by molar-refractivity contribution is -0.121. The fourth-order valence-electron chi connectivity index (χ4n) is 3.77. The molecule has 0 spiro atoms. The summed E-state index contributed by atoms with van der Waals surface area (Å²) in [4.78, 5) is 17.0. The average molecular weight is 301 g/mol. The number of likely N-dealkylation sites (tertiary alicyclic amines) is 1.